The quantitative estimate of drug-likeness (QED) is 0.318. The van der Waals surface area contributed by atoms with Crippen molar-refractivity contribution in [3.8, 4) is 17.1 Å². The van der Waals surface area contributed by atoms with Gasteiger partial charge >= 0.3 is 0 Å². The van der Waals surface area contributed by atoms with Gasteiger partial charge in [-0.2, -0.15) is 0 Å². The molecule has 1 amide bonds. The summed E-state index contributed by atoms with van der Waals surface area (Å²) in [7, 11) is 1.63. The van der Waals surface area contributed by atoms with Crippen LogP contribution in [-0.4, -0.2) is 33.5 Å². The maximum Gasteiger partial charge on any atom is 0.234 e. The van der Waals surface area contributed by atoms with Crippen LogP contribution >= 0.6 is 27.7 Å². The van der Waals surface area contributed by atoms with Gasteiger partial charge < -0.3 is 14.5 Å². The van der Waals surface area contributed by atoms with Crippen molar-refractivity contribution >= 4 is 39.3 Å². The Bertz CT molecular complexity index is 1210. The zero-order chi connectivity index (χ0) is 22.5. The number of aromatic nitrogens is 3. The van der Waals surface area contributed by atoms with E-state index < -0.39 is 0 Å². The monoisotopic (exact) mass is 512 g/mol. The van der Waals surface area contributed by atoms with E-state index in [0.29, 0.717) is 17.5 Å². The van der Waals surface area contributed by atoms with E-state index in [0.717, 1.165) is 32.8 Å². The molecule has 0 aliphatic heterocycles. The molecular weight excluding hydrogens is 492 g/mol. The average molecular weight is 513 g/mol. The smallest absolute Gasteiger partial charge is 0.234 e. The molecule has 4 rings (SSSR count). The van der Waals surface area contributed by atoms with Crippen molar-refractivity contribution in [3.63, 3.8) is 0 Å². The molecule has 0 bridgehead atoms. The van der Waals surface area contributed by atoms with Crippen LogP contribution in [0.2, 0.25) is 0 Å². The number of nitrogens with one attached hydrogen (secondary N) is 1. The number of carbonyl (C=O) groups is 1. The molecule has 164 valence electrons. The van der Waals surface area contributed by atoms with Gasteiger partial charge in [0.2, 0.25) is 5.91 Å². The van der Waals surface area contributed by atoms with E-state index in [1.54, 1.807) is 13.4 Å². The van der Waals surface area contributed by atoms with Crippen LogP contribution in [0, 0.1) is 6.92 Å². The van der Waals surface area contributed by atoms with E-state index in [2.05, 4.69) is 31.4 Å². The van der Waals surface area contributed by atoms with E-state index in [1.165, 1.54) is 11.8 Å². The van der Waals surface area contributed by atoms with Gasteiger partial charge in [0, 0.05) is 15.7 Å². The van der Waals surface area contributed by atoms with E-state index in [1.807, 2.05) is 66.1 Å². The molecule has 0 unspecified atom stereocenters. The number of hydrogen-bond acceptors (Lipinski definition) is 6. The van der Waals surface area contributed by atoms with Crippen LogP contribution in [0.15, 0.2) is 74.9 Å². The van der Waals surface area contributed by atoms with Crippen molar-refractivity contribution in [2.24, 2.45) is 0 Å². The highest BCUT2D eigenvalue weighted by Gasteiger charge is 2.17. The Morgan fingerprint density at radius 3 is 2.69 bits per heavy atom. The zero-order valence-corrected chi connectivity index (χ0v) is 19.9. The minimum atomic E-state index is -0.115. The van der Waals surface area contributed by atoms with Crippen molar-refractivity contribution in [1.82, 2.24) is 14.8 Å². The maximum atomic E-state index is 12.5. The molecule has 32 heavy (non-hydrogen) atoms. The molecule has 1 N–H and O–H groups in total. The fraction of sp³-hybridized carbons (Fsp3) is 0.174. The predicted molar refractivity (Wildman–Crippen MR) is 128 cm³/mol. The average Bonchev–Trinajstić information content (AvgIpc) is 3.45. The largest absolute Gasteiger partial charge is 0.497 e. The lowest BCUT2D eigenvalue weighted by Crippen LogP contribution is -2.15. The summed E-state index contributed by atoms with van der Waals surface area (Å²) in [6.45, 7) is 2.43. The number of aryl methyl sites for hydroxylation is 1. The third-order valence-corrected chi connectivity index (χ3v) is 6.59. The number of halogens is 1. The number of nitrogens with zero attached hydrogens (tertiary/aromatic N) is 3. The topological polar surface area (TPSA) is 82.2 Å². The van der Waals surface area contributed by atoms with Gasteiger partial charge in [-0.1, -0.05) is 27.7 Å². The first-order chi connectivity index (χ1) is 15.5. The summed E-state index contributed by atoms with van der Waals surface area (Å²) in [6.07, 6.45) is 1.63. The van der Waals surface area contributed by atoms with Crippen LogP contribution in [0.3, 0.4) is 0 Å². The van der Waals surface area contributed by atoms with Gasteiger partial charge in [-0.05, 0) is 67.1 Å². The van der Waals surface area contributed by atoms with Gasteiger partial charge in [-0.3, -0.25) is 9.36 Å². The standard InChI is InChI=1S/C23H21BrN4O3S/c1-15-12-17(7-10-20(15)24)25-21(29)14-32-23-27-26-22(16-5-8-18(30-2)9-6-16)28(23)13-19-4-3-11-31-19/h3-12H,13-14H2,1-2H3,(H,25,29). The van der Waals surface area contributed by atoms with Gasteiger partial charge in [-0.25, -0.2) is 0 Å². The molecule has 2 aromatic carbocycles. The van der Waals surface area contributed by atoms with Gasteiger partial charge in [0.15, 0.2) is 11.0 Å². The highest BCUT2D eigenvalue weighted by Crippen LogP contribution is 2.27. The SMILES string of the molecule is COc1ccc(-c2nnc(SCC(=O)Nc3ccc(Br)c(C)c3)n2Cc2ccco2)cc1. The fourth-order valence-corrected chi connectivity index (χ4v) is 4.08. The molecule has 0 saturated carbocycles. The number of carbonyl (C=O) groups excluding carboxylic acids is 1. The summed E-state index contributed by atoms with van der Waals surface area (Å²) in [6, 6.07) is 17.1. The number of anilines is 1. The Morgan fingerprint density at radius 2 is 2.00 bits per heavy atom. The Balaban J connectivity index is 1.52. The molecule has 7 nitrogen and oxygen atoms in total. The van der Waals surface area contributed by atoms with Crippen molar-refractivity contribution in [2.75, 3.05) is 18.2 Å². The maximum absolute atomic E-state index is 12.5. The molecule has 0 atom stereocenters. The van der Waals surface area contributed by atoms with Crippen LogP contribution < -0.4 is 10.1 Å². The highest BCUT2D eigenvalue weighted by molar-refractivity contribution is 9.10. The van der Waals surface area contributed by atoms with Crippen molar-refractivity contribution in [2.45, 2.75) is 18.6 Å². The van der Waals surface area contributed by atoms with Crippen LogP contribution in [-0.2, 0) is 11.3 Å². The molecule has 0 spiro atoms. The molecule has 2 aromatic heterocycles. The second-order valence-electron chi connectivity index (χ2n) is 7.00. The minimum Gasteiger partial charge on any atom is -0.497 e. The summed E-state index contributed by atoms with van der Waals surface area (Å²) in [5, 5.41) is 12.3. The molecule has 4 aromatic rings. The third kappa shape index (κ3) is 5.23. The normalized spacial score (nSPS) is 10.8. The van der Waals surface area contributed by atoms with Crippen molar-refractivity contribution < 1.29 is 13.9 Å². The number of methoxy groups -OCH3 is 1. The Hall–Kier alpha value is -3.04. The van der Waals surface area contributed by atoms with Crippen LogP contribution in [0.5, 0.6) is 5.75 Å². The molecular formula is C23H21BrN4O3S. The summed E-state index contributed by atoms with van der Waals surface area (Å²) in [5.74, 6) is 2.32. The summed E-state index contributed by atoms with van der Waals surface area (Å²) in [4.78, 5) is 12.5. The summed E-state index contributed by atoms with van der Waals surface area (Å²) < 4.78 is 13.7. The fourth-order valence-electron chi connectivity index (χ4n) is 3.10. The number of ether oxygens (including phenoxy) is 1. The molecule has 0 fully saturated rings. The lowest BCUT2D eigenvalue weighted by Gasteiger charge is -2.10. The lowest BCUT2D eigenvalue weighted by molar-refractivity contribution is -0.113. The number of furan rings is 1. The number of amides is 1. The van der Waals surface area contributed by atoms with E-state index in [9.17, 15) is 4.79 Å². The van der Waals surface area contributed by atoms with Crippen LogP contribution in [0.4, 0.5) is 5.69 Å². The van der Waals surface area contributed by atoms with Gasteiger partial charge in [-0.15, -0.1) is 10.2 Å². The number of hydrogen-bond donors (Lipinski definition) is 1. The molecule has 0 aliphatic carbocycles. The van der Waals surface area contributed by atoms with Gasteiger partial charge in [0.05, 0.1) is 25.7 Å². The summed E-state index contributed by atoms with van der Waals surface area (Å²) in [5.41, 5.74) is 2.71. The molecule has 2 heterocycles. The lowest BCUT2D eigenvalue weighted by atomic mass is 10.2. The first-order valence-electron chi connectivity index (χ1n) is 9.82. The predicted octanol–water partition coefficient (Wildman–Crippen LogP) is 5.40. The van der Waals surface area contributed by atoms with Crippen LogP contribution in [0.1, 0.15) is 11.3 Å². The van der Waals surface area contributed by atoms with Crippen molar-refractivity contribution in [3.05, 3.63) is 76.7 Å². The van der Waals surface area contributed by atoms with E-state index >= 15 is 0 Å². The first kappa shape index (κ1) is 22.2. The number of benzene rings is 2. The zero-order valence-electron chi connectivity index (χ0n) is 17.5. The minimum absolute atomic E-state index is 0.115. The molecule has 0 saturated heterocycles. The highest BCUT2D eigenvalue weighted by atomic mass is 79.9. The summed E-state index contributed by atoms with van der Waals surface area (Å²) >= 11 is 4.80. The molecule has 0 radical (unpaired) electrons. The van der Waals surface area contributed by atoms with E-state index in [-0.39, 0.29) is 11.7 Å². The van der Waals surface area contributed by atoms with Crippen LogP contribution in [0.25, 0.3) is 11.4 Å². The first-order valence-corrected chi connectivity index (χ1v) is 11.6. The third-order valence-electron chi connectivity index (χ3n) is 4.73. The van der Waals surface area contributed by atoms with E-state index in [4.69, 9.17) is 9.15 Å². The Labute approximate surface area is 198 Å². The Morgan fingerprint density at radius 1 is 1.19 bits per heavy atom. The second kappa shape index (κ2) is 10.1. The molecule has 9 heteroatoms. The van der Waals surface area contributed by atoms with Gasteiger partial charge in [0.25, 0.3) is 0 Å². The Kier molecular flexibility index (Phi) is 6.96. The van der Waals surface area contributed by atoms with Gasteiger partial charge in [0.1, 0.15) is 11.5 Å². The number of thioether (sulfide) groups is 1. The molecule has 0 aliphatic rings. The second-order valence-corrected chi connectivity index (χ2v) is 8.80. The van der Waals surface area contributed by atoms with Crippen molar-refractivity contribution in [1.29, 1.82) is 0 Å². The number of rotatable bonds is 8.